The summed E-state index contributed by atoms with van der Waals surface area (Å²) in [6.07, 6.45) is 3.82. The van der Waals surface area contributed by atoms with Crippen molar-refractivity contribution < 1.29 is 4.74 Å². The molecule has 0 amide bonds. The smallest absolute Gasteiger partial charge is 0.133 e. The van der Waals surface area contributed by atoms with Gasteiger partial charge in [0.2, 0.25) is 0 Å². The van der Waals surface area contributed by atoms with E-state index in [1.54, 1.807) is 0 Å². The van der Waals surface area contributed by atoms with Crippen LogP contribution in [-0.2, 0) is 16.8 Å². The first-order valence-corrected chi connectivity index (χ1v) is 9.85. The number of hydrogen-bond donors (Lipinski definition) is 1. The molecular weight excluding hydrogens is 342 g/mol. The van der Waals surface area contributed by atoms with Crippen LogP contribution in [0.5, 0.6) is 0 Å². The van der Waals surface area contributed by atoms with Crippen LogP contribution in [-0.4, -0.2) is 19.7 Å². The van der Waals surface area contributed by atoms with Gasteiger partial charge in [-0.05, 0) is 29.5 Å². The summed E-state index contributed by atoms with van der Waals surface area (Å²) in [7, 11) is 1.81. The number of aryl methyl sites for hydroxylation is 1. The standard InChI is InChI=1S/C26H29NO/c1-3-21-27-25(20-19-22-13-7-4-8-14-22)26(28-2,23-15-9-5-10-16-23)24-17-11-6-12-18-24/h3-18,25,27H,1,19-21H2,2H3. The molecule has 0 saturated carbocycles. The topological polar surface area (TPSA) is 21.3 Å². The van der Waals surface area contributed by atoms with E-state index >= 15 is 0 Å². The fraction of sp³-hybridized carbons (Fsp3) is 0.231. The van der Waals surface area contributed by atoms with Crippen molar-refractivity contribution in [3.63, 3.8) is 0 Å². The van der Waals surface area contributed by atoms with Crippen LogP contribution in [0.4, 0.5) is 0 Å². The molecule has 1 atom stereocenters. The van der Waals surface area contributed by atoms with Crippen molar-refractivity contribution in [1.29, 1.82) is 0 Å². The van der Waals surface area contributed by atoms with Gasteiger partial charge in [-0.1, -0.05) is 97.1 Å². The summed E-state index contributed by atoms with van der Waals surface area (Å²) in [6, 6.07) is 31.7. The Morgan fingerprint density at radius 2 is 1.36 bits per heavy atom. The van der Waals surface area contributed by atoms with Crippen molar-refractivity contribution in [3.05, 3.63) is 120 Å². The third-order valence-corrected chi connectivity index (χ3v) is 5.29. The summed E-state index contributed by atoms with van der Waals surface area (Å²) in [5.74, 6) is 0. The Hall–Kier alpha value is -2.68. The second-order valence-corrected chi connectivity index (χ2v) is 6.95. The highest BCUT2D eigenvalue weighted by molar-refractivity contribution is 5.39. The van der Waals surface area contributed by atoms with Crippen LogP contribution >= 0.6 is 0 Å². The van der Waals surface area contributed by atoms with Crippen LogP contribution in [0, 0.1) is 0 Å². The normalized spacial score (nSPS) is 12.5. The number of rotatable bonds is 10. The Morgan fingerprint density at radius 1 is 0.857 bits per heavy atom. The molecule has 0 aliphatic heterocycles. The van der Waals surface area contributed by atoms with Gasteiger partial charge in [0, 0.05) is 19.7 Å². The fourth-order valence-corrected chi connectivity index (χ4v) is 3.95. The third kappa shape index (κ3) is 4.41. The van der Waals surface area contributed by atoms with Gasteiger partial charge in [-0.3, -0.25) is 0 Å². The lowest BCUT2D eigenvalue weighted by Gasteiger charge is -2.41. The summed E-state index contributed by atoms with van der Waals surface area (Å²) in [4.78, 5) is 0. The van der Waals surface area contributed by atoms with Crippen LogP contribution in [0.1, 0.15) is 23.1 Å². The first-order chi connectivity index (χ1) is 13.8. The van der Waals surface area contributed by atoms with E-state index in [4.69, 9.17) is 4.74 Å². The van der Waals surface area contributed by atoms with Gasteiger partial charge in [-0.2, -0.15) is 0 Å². The molecule has 1 N–H and O–H groups in total. The van der Waals surface area contributed by atoms with Crippen molar-refractivity contribution in [2.24, 2.45) is 0 Å². The fourth-order valence-electron chi connectivity index (χ4n) is 3.95. The summed E-state index contributed by atoms with van der Waals surface area (Å²) >= 11 is 0. The molecule has 2 heteroatoms. The van der Waals surface area contributed by atoms with Crippen molar-refractivity contribution in [1.82, 2.24) is 5.32 Å². The molecule has 3 aromatic rings. The first-order valence-electron chi connectivity index (χ1n) is 9.85. The van der Waals surface area contributed by atoms with Gasteiger partial charge in [-0.15, -0.1) is 6.58 Å². The minimum atomic E-state index is -0.583. The quantitative estimate of drug-likeness (QED) is 0.485. The average molecular weight is 372 g/mol. The number of ether oxygens (including phenoxy) is 1. The van der Waals surface area contributed by atoms with Gasteiger partial charge in [0.25, 0.3) is 0 Å². The second-order valence-electron chi connectivity index (χ2n) is 6.95. The van der Waals surface area contributed by atoms with E-state index < -0.39 is 5.60 Å². The molecule has 28 heavy (non-hydrogen) atoms. The molecule has 0 aliphatic carbocycles. The lowest BCUT2D eigenvalue weighted by atomic mass is 9.77. The lowest BCUT2D eigenvalue weighted by molar-refractivity contribution is -0.0130. The molecule has 144 valence electrons. The van der Waals surface area contributed by atoms with Gasteiger partial charge < -0.3 is 10.1 Å². The van der Waals surface area contributed by atoms with E-state index in [-0.39, 0.29) is 6.04 Å². The Morgan fingerprint density at radius 3 is 1.82 bits per heavy atom. The van der Waals surface area contributed by atoms with E-state index in [9.17, 15) is 0 Å². The maximum absolute atomic E-state index is 6.36. The van der Waals surface area contributed by atoms with Gasteiger partial charge in [-0.25, -0.2) is 0 Å². The van der Waals surface area contributed by atoms with Crippen molar-refractivity contribution >= 4 is 0 Å². The van der Waals surface area contributed by atoms with Gasteiger partial charge in [0.05, 0.1) is 0 Å². The van der Waals surface area contributed by atoms with Crippen molar-refractivity contribution in [2.45, 2.75) is 24.5 Å². The number of benzene rings is 3. The predicted molar refractivity (Wildman–Crippen MR) is 117 cm³/mol. The third-order valence-electron chi connectivity index (χ3n) is 5.29. The van der Waals surface area contributed by atoms with Gasteiger partial charge >= 0.3 is 0 Å². The van der Waals surface area contributed by atoms with E-state index in [1.807, 2.05) is 25.3 Å². The number of hydrogen-bond acceptors (Lipinski definition) is 2. The van der Waals surface area contributed by atoms with E-state index in [1.165, 1.54) is 5.56 Å². The highest BCUT2D eigenvalue weighted by atomic mass is 16.5. The number of methoxy groups -OCH3 is 1. The number of nitrogens with one attached hydrogen (secondary N) is 1. The first kappa shape index (κ1) is 20.1. The minimum Gasteiger partial charge on any atom is -0.367 e. The molecule has 0 saturated heterocycles. The summed E-state index contributed by atoms with van der Waals surface area (Å²) in [6.45, 7) is 4.63. The van der Waals surface area contributed by atoms with Crippen LogP contribution in [0.3, 0.4) is 0 Å². The molecule has 1 unspecified atom stereocenters. The minimum absolute atomic E-state index is 0.0838. The molecule has 2 nitrogen and oxygen atoms in total. The van der Waals surface area contributed by atoms with Gasteiger partial charge in [0.1, 0.15) is 5.60 Å². The molecule has 0 spiro atoms. The maximum atomic E-state index is 6.36. The highest BCUT2D eigenvalue weighted by Gasteiger charge is 2.41. The van der Waals surface area contributed by atoms with Crippen LogP contribution in [0.25, 0.3) is 0 Å². The zero-order valence-corrected chi connectivity index (χ0v) is 16.6. The summed E-state index contributed by atoms with van der Waals surface area (Å²) < 4.78 is 6.36. The molecule has 0 radical (unpaired) electrons. The molecule has 3 aromatic carbocycles. The highest BCUT2D eigenvalue weighted by Crippen LogP contribution is 2.38. The second kappa shape index (κ2) is 10.0. The molecule has 0 heterocycles. The van der Waals surface area contributed by atoms with E-state index in [0.29, 0.717) is 0 Å². The Bertz CT molecular complexity index is 791. The van der Waals surface area contributed by atoms with E-state index in [2.05, 4.69) is 90.8 Å². The molecule has 0 aromatic heterocycles. The lowest BCUT2D eigenvalue weighted by Crippen LogP contribution is -2.51. The van der Waals surface area contributed by atoms with Crippen molar-refractivity contribution in [3.8, 4) is 0 Å². The van der Waals surface area contributed by atoms with Crippen molar-refractivity contribution in [2.75, 3.05) is 13.7 Å². The summed E-state index contributed by atoms with van der Waals surface area (Å²) in [5.41, 5.74) is 3.05. The van der Waals surface area contributed by atoms with Crippen LogP contribution < -0.4 is 5.32 Å². The van der Waals surface area contributed by atoms with Crippen LogP contribution in [0.2, 0.25) is 0 Å². The molecule has 0 bridgehead atoms. The van der Waals surface area contributed by atoms with E-state index in [0.717, 1.165) is 30.5 Å². The van der Waals surface area contributed by atoms with Crippen LogP contribution in [0.15, 0.2) is 104 Å². The Balaban J connectivity index is 2.04. The molecule has 0 fully saturated rings. The van der Waals surface area contributed by atoms with Gasteiger partial charge in [0.15, 0.2) is 0 Å². The largest absolute Gasteiger partial charge is 0.367 e. The molecule has 0 aliphatic rings. The zero-order valence-electron chi connectivity index (χ0n) is 16.6. The molecular formula is C26H29NO. The predicted octanol–water partition coefficient (Wildman–Crippen LogP) is 5.35. The maximum Gasteiger partial charge on any atom is 0.133 e. The average Bonchev–Trinajstić information content (AvgIpc) is 2.78. The Kier molecular flexibility index (Phi) is 7.18. The molecule has 3 rings (SSSR count). The zero-order chi connectivity index (χ0) is 19.7. The monoisotopic (exact) mass is 371 g/mol. The Labute approximate surface area is 168 Å². The SMILES string of the molecule is C=CCNC(CCc1ccccc1)C(OC)(c1ccccc1)c1ccccc1. The summed E-state index contributed by atoms with van der Waals surface area (Å²) in [5, 5.41) is 3.69.